The molecule has 0 aliphatic heterocycles. The average Bonchev–Trinajstić information content (AvgIpc) is 2.14. The third kappa shape index (κ3) is 3.38. The summed E-state index contributed by atoms with van der Waals surface area (Å²) in [5, 5.41) is -0.221. The Morgan fingerprint density at radius 1 is 1.31 bits per heavy atom. The Balaban J connectivity index is 3.12. The lowest BCUT2D eigenvalue weighted by molar-refractivity contribution is 0.355. The monoisotopic (exact) mass is 303 g/mol. The summed E-state index contributed by atoms with van der Waals surface area (Å²) in [7, 11) is -6.94. The molecular weight excluding hydrogens is 298 g/mol. The Kier molecular flexibility index (Phi) is 4.67. The van der Waals surface area contributed by atoms with Gasteiger partial charge in [0.15, 0.2) is 0 Å². The lowest BCUT2D eigenvalue weighted by Crippen LogP contribution is -2.07. The van der Waals surface area contributed by atoms with Crippen LogP contribution in [-0.4, -0.2) is 19.7 Å². The van der Waals surface area contributed by atoms with Gasteiger partial charge in [-0.15, -0.1) is 0 Å². The maximum absolute atomic E-state index is 11.5. The molecule has 0 aromatic heterocycles. The van der Waals surface area contributed by atoms with E-state index in [2.05, 4.69) is 4.18 Å². The Morgan fingerprint density at radius 3 is 2.25 bits per heavy atom. The molecule has 1 atom stereocenters. The number of hydrogen-bond donors (Lipinski definition) is 1. The Morgan fingerprint density at radius 2 is 1.81 bits per heavy atom. The normalized spacial score (nSPS) is 12.6. The minimum absolute atomic E-state index is 0.110. The zero-order valence-corrected chi connectivity index (χ0v) is 10.9. The van der Waals surface area contributed by atoms with E-state index in [0.29, 0.717) is 0 Å². The molecule has 0 spiro atoms. The Labute approximate surface area is 103 Å². The molecule has 1 rings (SSSR count). The summed E-state index contributed by atoms with van der Waals surface area (Å²) in [5.41, 5.74) is 0. The predicted molar refractivity (Wildman–Crippen MR) is 59.4 cm³/mol. The molecule has 0 bridgehead atoms. The molecule has 0 aliphatic rings. The van der Waals surface area contributed by atoms with Crippen molar-refractivity contribution in [2.45, 2.75) is 4.90 Å². The molecular formula is C7H6Cl2O5PS+. The third-order valence-electron chi connectivity index (χ3n) is 1.49. The van der Waals surface area contributed by atoms with Crippen molar-refractivity contribution < 1.29 is 22.1 Å². The van der Waals surface area contributed by atoms with Crippen LogP contribution < -0.4 is 0 Å². The summed E-state index contributed by atoms with van der Waals surface area (Å²) < 4.78 is 37.7. The minimum Gasteiger partial charge on any atom is -0.213 e. The van der Waals surface area contributed by atoms with E-state index in [9.17, 15) is 13.0 Å². The van der Waals surface area contributed by atoms with E-state index in [0.717, 1.165) is 0 Å². The van der Waals surface area contributed by atoms with Gasteiger partial charge < -0.3 is 0 Å². The smallest absolute Gasteiger partial charge is 0.213 e. The van der Waals surface area contributed by atoms with Gasteiger partial charge in [-0.25, -0.2) is 4.18 Å². The summed E-state index contributed by atoms with van der Waals surface area (Å²) >= 11 is 11.3. The second kappa shape index (κ2) is 5.40. The summed E-state index contributed by atoms with van der Waals surface area (Å²) in [6.45, 7) is 0. The van der Waals surface area contributed by atoms with Crippen molar-refractivity contribution in [2.75, 3.05) is 6.35 Å². The molecule has 1 aromatic carbocycles. The van der Waals surface area contributed by atoms with E-state index < -0.39 is 29.4 Å². The van der Waals surface area contributed by atoms with E-state index >= 15 is 0 Å². The lowest BCUT2D eigenvalue weighted by atomic mass is 10.4. The predicted octanol–water partition coefficient (Wildman–Crippen LogP) is 2.39. The number of rotatable bonds is 4. The van der Waals surface area contributed by atoms with Gasteiger partial charge >= 0.3 is 18.1 Å². The molecule has 1 aromatic rings. The van der Waals surface area contributed by atoms with Crippen molar-refractivity contribution >= 4 is 41.3 Å². The van der Waals surface area contributed by atoms with Gasteiger partial charge in [0.2, 0.25) is 0 Å². The maximum Gasteiger partial charge on any atom is 0.535 e. The van der Waals surface area contributed by atoms with Crippen molar-refractivity contribution in [3.05, 3.63) is 28.2 Å². The fourth-order valence-electron chi connectivity index (χ4n) is 0.895. The highest BCUT2D eigenvalue weighted by Gasteiger charge is 2.26. The molecule has 0 radical (unpaired) electrons. The van der Waals surface area contributed by atoms with Crippen molar-refractivity contribution in [1.82, 2.24) is 0 Å². The molecule has 0 saturated heterocycles. The van der Waals surface area contributed by atoms with Gasteiger partial charge in [-0.1, -0.05) is 29.3 Å². The van der Waals surface area contributed by atoms with Crippen molar-refractivity contribution in [1.29, 1.82) is 0 Å². The zero-order chi connectivity index (χ0) is 12.3. The van der Waals surface area contributed by atoms with E-state index in [1.54, 1.807) is 0 Å². The minimum atomic E-state index is -4.22. The van der Waals surface area contributed by atoms with Crippen molar-refractivity contribution in [2.24, 2.45) is 0 Å². The first-order valence-corrected chi connectivity index (χ1v) is 7.38. The number of benzene rings is 1. The number of hydrogen-bond acceptors (Lipinski definition) is 4. The molecule has 88 valence electrons. The van der Waals surface area contributed by atoms with E-state index in [1.807, 2.05) is 0 Å². The van der Waals surface area contributed by atoms with Crippen LogP contribution in [0.1, 0.15) is 0 Å². The van der Waals surface area contributed by atoms with Crippen LogP contribution in [0, 0.1) is 0 Å². The maximum atomic E-state index is 11.5. The highest BCUT2D eigenvalue weighted by molar-refractivity contribution is 7.87. The van der Waals surface area contributed by atoms with Crippen LogP contribution in [0.3, 0.4) is 0 Å². The summed E-state index contributed by atoms with van der Waals surface area (Å²) in [6, 6.07) is 4.11. The second-order valence-corrected chi connectivity index (χ2v) is 5.93. The molecule has 0 aliphatic carbocycles. The van der Waals surface area contributed by atoms with Crippen LogP contribution in [0.4, 0.5) is 0 Å². The molecule has 0 amide bonds. The van der Waals surface area contributed by atoms with Gasteiger partial charge in [0.05, 0.1) is 10.0 Å². The van der Waals surface area contributed by atoms with Crippen LogP contribution in [0.25, 0.3) is 0 Å². The quantitative estimate of drug-likeness (QED) is 0.682. The van der Waals surface area contributed by atoms with Crippen LogP contribution in [0.2, 0.25) is 10.0 Å². The highest BCUT2D eigenvalue weighted by atomic mass is 35.5. The van der Waals surface area contributed by atoms with E-state index in [1.165, 1.54) is 18.2 Å². The van der Waals surface area contributed by atoms with Gasteiger partial charge in [-0.05, 0) is 16.7 Å². The molecule has 0 fully saturated rings. The lowest BCUT2D eigenvalue weighted by Gasteiger charge is -2.05. The number of halogens is 2. The van der Waals surface area contributed by atoms with E-state index in [4.69, 9.17) is 28.1 Å². The summed E-state index contributed by atoms with van der Waals surface area (Å²) in [4.78, 5) is 8.05. The average molecular weight is 304 g/mol. The van der Waals surface area contributed by atoms with Gasteiger partial charge in [0, 0.05) is 0 Å². The molecule has 0 heterocycles. The first-order valence-electron chi connectivity index (χ1n) is 3.81. The van der Waals surface area contributed by atoms with Crippen LogP contribution in [-0.2, 0) is 18.9 Å². The van der Waals surface area contributed by atoms with Gasteiger partial charge in [-0.3, -0.25) is 0 Å². The molecule has 5 nitrogen and oxygen atoms in total. The zero-order valence-electron chi connectivity index (χ0n) is 7.63. The first-order chi connectivity index (χ1) is 7.34. The molecule has 16 heavy (non-hydrogen) atoms. The standard InChI is InChI=1S/C7H5Cl2O5PS/c8-5-2-1-3-6(9)7(5)16(12,13)14-4-15(10)11/h1-3H,4H2/p+1. The second-order valence-electron chi connectivity index (χ2n) is 2.60. The molecule has 1 N–H and O–H groups in total. The molecule has 1 unspecified atom stereocenters. The van der Waals surface area contributed by atoms with Crippen molar-refractivity contribution in [3.63, 3.8) is 0 Å². The van der Waals surface area contributed by atoms with Crippen LogP contribution in [0.5, 0.6) is 0 Å². The van der Waals surface area contributed by atoms with Gasteiger partial charge in [0.25, 0.3) is 6.35 Å². The molecule has 0 saturated carbocycles. The Hall–Kier alpha value is -0.230. The molecule has 9 heteroatoms. The summed E-state index contributed by atoms with van der Waals surface area (Å²) in [6.07, 6.45) is -0.834. The van der Waals surface area contributed by atoms with Gasteiger partial charge in [0.1, 0.15) is 4.90 Å². The van der Waals surface area contributed by atoms with Gasteiger partial charge in [-0.2, -0.15) is 13.3 Å². The first kappa shape index (κ1) is 13.8. The topological polar surface area (TPSA) is 80.7 Å². The third-order valence-corrected chi connectivity index (χ3v) is 4.23. The van der Waals surface area contributed by atoms with E-state index in [-0.39, 0.29) is 10.0 Å². The largest absolute Gasteiger partial charge is 0.535 e. The van der Waals surface area contributed by atoms with Crippen molar-refractivity contribution in [3.8, 4) is 0 Å². The highest BCUT2D eigenvalue weighted by Crippen LogP contribution is 2.31. The fraction of sp³-hybridized carbons (Fsp3) is 0.143. The SMILES string of the molecule is O=[P+](O)COS(=O)(=O)c1c(Cl)cccc1Cl. The fourth-order valence-corrected chi connectivity index (χ4v) is 3.51. The summed E-state index contributed by atoms with van der Waals surface area (Å²) in [5.74, 6) is 0. The van der Waals surface area contributed by atoms with Crippen LogP contribution >= 0.6 is 31.2 Å². The van der Waals surface area contributed by atoms with Crippen LogP contribution in [0.15, 0.2) is 23.1 Å². The Bertz CT molecular complexity index is 495.